The minimum absolute atomic E-state index is 0.0552. The number of nitrogens with zero attached hydrogens (tertiary/aromatic N) is 1. The third-order valence-corrected chi connectivity index (χ3v) is 4.29. The maximum atomic E-state index is 13.2. The van der Waals surface area contributed by atoms with Crippen LogP contribution in [0.25, 0.3) is 0 Å². The minimum Gasteiger partial charge on any atom is -0.503 e. The van der Waals surface area contributed by atoms with Crippen molar-refractivity contribution in [2.75, 3.05) is 13.2 Å². The van der Waals surface area contributed by atoms with Crippen LogP contribution in [0.2, 0.25) is 0 Å². The molecule has 23 heavy (non-hydrogen) atoms. The Morgan fingerprint density at radius 2 is 2.09 bits per heavy atom. The maximum Gasteiger partial charge on any atom is 0.290 e. The molecule has 2 aliphatic heterocycles. The van der Waals surface area contributed by atoms with Crippen LogP contribution in [0.5, 0.6) is 0 Å². The number of rotatable bonds is 4. The third-order valence-electron chi connectivity index (χ3n) is 4.29. The summed E-state index contributed by atoms with van der Waals surface area (Å²) in [5, 5.41) is 10.1. The zero-order valence-corrected chi connectivity index (χ0v) is 12.8. The Morgan fingerprint density at radius 1 is 1.39 bits per heavy atom. The number of amides is 1. The number of hydrogen-bond acceptors (Lipinski definition) is 4. The lowest BCUT2D eigenvalue weighted by Crippen LogP contribution is -2.37. The lowest BCUT2D eigenvalue weighted by Gasteiger charge is -2.28. The average molecular weight is 319 g/mol. The fourth-order valence-corrected chi connectivity index (χ4v) is 3.20. The highest BCUT2D eigenvalue weighted by molar-refractivity contribution is 6.08. The molecule has 0 aliphatic carbocycles. The van der Waals surface area contributed by atoms with Crippen molar-refractivity contribution in [3.05, 3.63) is 47.0 Å². The summed E-state index contributed by atoms with van der Waals surface area (Å²) < 4.78 is 18.7. The van der Waals surface area contributed by atoms with Gasteiger partial charge < -0.3 is 14.7 Å². The summed E-state index contributed by atoms with van der Waals surface area (Å²) >= 11 is 0. The molecule has 1 saturated heterocycles. The van der Waals surface area contributed by atoms with Crippen LogP contribution in [0.15, 0.2) is 35.6 Å². The molecule has 1 N–H and O–H groups in total. The Morgan fingerprint density at radius 3 is 2.65 bits per heavy atom. The summed E-state index contributed by atoms with van der Waals surface area (Å²) in [7, 11) is 0. The van der Waals surface area contributed by atoms with E-state index in [4.69, 9.17) is 4.74 Å². The number of aliphatic hydroxyl groups excluding tert-OH is 1. The van der Waals surface area contributed by atoms with Crippen molar-refractivity contribution in [2.45, 2.75) is 31.9 Å². The summed E-state index contributed by atoms with van der Waals surface area (Å²) in [4.78, 5) is 25.8. The number of aliphatic hydroxyl groups is 1. The number of Topliss-reactive ketones (excluding diaryl/α,β-unsaturated/α-hetero) is 1. The van der Waals surface area contributed by atoms with Gasteiger partial charge in [0.05, 0.1) is 17.7 Å². The predicted octanol–water partition coefficient (Wildman–Crippen LogP) is 2.29. The third kappa shape index (κ3) is 2.86. The van der Waals surface area contributed by atoms with Crippen molar-refractivity contribution in [1.82, 2.24) is 4.90 Å². The molecule has 0 radical (unpaired) electrons. The SMILES string of the molecule is CC(=O)C1=C(O)C(=O)N(C[C@@H]2CCCO2)[C@@H]1c1ccc(F)cc1. The van der Waals surface area contributed by atoms with Crippen LogP contribution in [0.1, 0.15) is 31.4 Å². The zero-order valence-electron chi connectivity index (χ0n) is 12.8. The van der Waals surface area contributed by atoms with Crippen molar-refractivity contribution in [3.8, 4) is 0 Å². The van der Waals surface area contributed by atoms with E-state index in [-0.39, 0.29) is 17.5 Å². The first-order chi connectivity index (χ1) is 11.0. The van der Waals surface area contributed by atoms with Gasteiger partial charge in [0.1, 0.15) is 5.82 Å². The second-order valence-electron chi connectivity index (χ2n) is 5.87. The van der Waals surface area contributed by atoms with Gasteiger partial charge in [-0.25, -0.2) is 4.39 Å². The first-order valence-corrected chi connectivity index (χ1v) is 7.61. The van der Waals surface area contributed by atoms with Crippen LogP contribution in [0.3, 0.4) is 0 Å². The van der Waals surface area contributed by atoms with Gasteiger partial charge in [-0.15, -0.1) is 0 Å². The summed E-state index contributed by atoms with van der Waals surface area (Å²) in [5.41, 5.74) is 0.645. The molecule has 1 amide bonds. The van der Waals surface area contributed by atoms with E-state index in [1.807, 2.05) is 0 Å². The molecule has 0 saturated carbocycles. The van der Waals surface area contributed by atoms with Crippen LogP contribution < -0.4 is 0 Å². The molecular formula is C17H18FNO4. The van der Waals surface area contributed by atoms with E-state index in [9.17, 15) is 19.1 Å². The summed E-state index contributed by atoms with van der Waals surface area (Å²) in [5.74, 6) is -1.88. The molecule has 1 aromatic carbocycles. The van der Waals surface area contributed by atoms with Gasteiger partial charge in [0.2, 0.25) is 0 Å². The van der Waals surface area contributed by atoms with E-state index < -0.39 is 23.5 Å². The van der Waals surface area contributed by atoms with Gasteiger partial charge in [-0.05, 0) is 37.5 Å². The van der Waals surface area contributed by atoms with E-state index in [2.05, 4.69) is 0 Å². The Hall–Kier alpha value is -2.21. The monoisotopic (exact) mass is 319 g/mol. The largest absolute Gasteiger partial charge is 0.503 e. The van der Waals surface area contributed by atoms with Crippen molar-refractivity contribution < 1.29 is 23.8 Å². The predicted molar refractivity (Wildman–Crippen MR) is 80.2 cm³/mol. The van der Waals surface area contributed by atoms with E-state index in [0.29, 0.717) is 18.7 Å². The van der Waals surface area contributed by atoms with Crippen LogP contribution in [-0.2, 0) is 14.3 Å². The molecule has 0 aromatic heterocycles. The number of ether oxygens (including phenoxy) is 1. The van der Waals surface area contributed by atoms with Gasteiger partial charge in [-0.1, -0.05) is 12.1 Å². The summed E-state index contributed by atoms with van der Waals surface area (Å²) in [6, 6.07) is 4.90. The average Bonchev–Trinajstić information content (AvgIpc) is 3.10. The molecule has 1 fully saturated rings. The van der Waals surface area contributed by atoms with E-state index in [1.54, 1.807) is 0 Å². The zero-order chi connectivity index (χ0) is 16.6. The van der Waals surface area contributed by atoms with Crippen LogP contribution in [0.4, 0.5) is 4.39 Å². The van der Waals surface area contributed by atoms with Crippen LogP contribution >= 0.6 is 0 Å². The normalized spacial score (nSPS) is 24.6. The Kier molecular flexibility index (Phi) is 4.17. The van der Waals surface area contributed by atoms with Gasteiger partial charge in [-0.3, -0.25) is 9.59 Å². The first kappa shape index (κ1) is 15.7. The molecular weight excluding hydrogens is 301 g/mol. The molecule has 5 nitrogen and oxygen atoms in total. The summed E-state index contributed by atoms with van der Waals surface area (Å²) in [6.07, 6.45) is 1.64. The van der Waals surface area contributed by atoms with Crippen molar-refractivity contribution >= 4 is 11.7 Å². The Bertz CT molecular complexity index is 662. The number of ketones is 1. The fourth-order valence-electron chi connectivity index (χ4n) is 3.20. The highest BCUT2D eigenvalue weighted by atomic mass is 19.1. The fraction of sp³-hybridized carbons (Fsp3) is 0.412. The van der Waals surface area contributed by atoms with Gasteiger partial charge in [-0.2, -0.15) is 0 Å². The number of carbonyl (C=O) groups excluding carboxylic acids is 2. The van der Waals surface area contributed by atoms with E-state index >= 15 is 0 Å². The Balaban J connectivity index is 1.98. The lowest BCUT2D eigenvalue weighted by atomic mass is 9.96. The standard InChI is InChI=1S/C17H18FNO4/c1-10(20)14-15(11-4-6-12(18)7-5-11)19(17(22)16(14)21)9-13-3-2-8-23-13/h4-7,13,15,21H,2-3,8-9H2,1H3/t13-,15+/m0/s1. The van der Waals surface area contributed by atoms with E-state index in [0.717, 1.165) is 12.8 Å². The van der Waals surface area contributed by atoms with E-state index in [1.165, 1.54) is 36.1 Å². The highest BCUT2D eigenvalue weighted by Gasteiger charge is 2.43. The first-order valence-electron chi connectivity index (χ1n) is 7.61. The molecule has 122 valence electrons. The van der Waals surface area contributed by atoms with Gasteiger partial charge in [0.25, 0.3) is 5.91 Å². The van der Waals surface area contributed by atoms with Gasteiger partial charge in [0.15, 0.2) is 11.5 Å². The molecule has 6 heteroatoms. The second-order valence-corrected chi connectivity index (χ2v) is 5.87. The molecule has 0 unspecified atom stereocenters. The maximum absolute atomic E-state index is 13.2. The topological polar surface area (TPSA) is 66.8 Å². The number of hydrogen-bond donors (Lipinski definition) is 1. The number of benzene rings is 1. The number of halogens is 1. The van der Waals surface area contributed by atoms with Crippen molar-refractivity contribution in [3.63, 3.8) is 0 Å². The summed E-state index contributed by atoms with van der Waals surface area (Å²) in [6.45, 7) is 2.25. The molecule has 2 atom stereocenters. The van der Waals surface area contributed by atoms with Gasteiger partial charge >= 0.3 is 0 Å². The molecule has 1 aromatic rings. The van der Waals surface area contributed by atoms with Gasteiger partial charge in [0, 0.05) is 13.2 Å². The van der Waals surface area contributed by atoms with Crippen LogP contribution in [0, 0.1) is 5.82 Å². The molecule has 2 heterocycles. The van der Waals surface area contributed by atoms with Crippen LogP contribution in [-0.4, -0.2) is 41.0 Å². The molecule has 0 spiro atoms. The molecule has 2 aliphatic rings. The Labute approximate surface area is 133 Å². The molecule has 3 rings (SSSR count). The smallest absolute Gasteiger partial charge is 0.290 e. The van der Waals surface area contributed by atoms with Crippen molar-refractivity contribution in [1.29, 1.82) is 0 Å². The highest BCUT2D eigenvalue weighted by Crippen LogP contribution is 2.38. The second kappa shape index (κ2) is 6.12. The lowest BCUT2D eigenvalue weighted by molar-refractivity contribution is -0.131. The quantitative estimate of drug-likeness (QED) is 0.924. The van der Waals surface area contributed by atoms with Crippen molar-refractivity contribution in [2.24, 2.45) is 0 Å². The molecule has 0 bridgehead atoms. The minimum atomic E-state index is -0.704. The number of carbonyl (C=O) groups is 2.